The molecule has 3 saturated carbocycles. The molecule has 0 aromatic heterocycles. The highest BCUT2D eigenvalue weighted by molar-refractivity contribution is 8.09. The van der Waals surface area contributed by atoms with Crippen LogP contribution in [0.15, 0.2) is 23.8 Å². The summed E-state index contributed by atoms with van der Waals surface area (Å²) in [5.74, 6) is -3.41. The second-order valence-corrected chi connectivity index (χ2v) is 11.4. The molecule has 0 heterocycles. The van der Waals surface area contributed by atoms with Crippen molar-refractivity contribution in [1.29, 1.82) is 0 Å². The van der Waals surface area contributed by atoms with Gasteiger partial charge in [-0.15, -0.1) is 0 Å². The number of rotatable bonds is 5. The molecular formula is C25H31F3O6S. The van der Waals surface area contributed by atoms with E-state index in [2.05, 4.69) is 4.18 Å². The summed E-state index contributed by atoms with van der Waals surface area (Å²) in [6.45, 7) is 5.15. The van der Waals surface area contributed by atoms with Gasteiger partial charge in [-0.3, -0.25) is 18.6 Å². The van der Waals surface area contributed by atoms with Gasteiger partial charge in [0.25, 0.3) is 5.12 Å². The van der Waals surface area contributed by atoms with Crippen molar-refractivity contribution in [1.82, 2.24) is 0 Å². The minimum absolute atomic E-state index is 0.00380. The van der Waals surface area contributed by atoms with Crippen LogP contribution in [0.3, 0.4) is 0 Å². The van der Waals surface area contributed by atoms with Gasteiger partial charge in [0.2, 0.25) is 6.86 Å². The molecule has 10 heteroatoms. The number of alkyl halides is 3. The molecule has 0 aromatic rings. The van der Waals surface area contributed by atoms with Crippen LogP contribution in [-0.4, -0.2) is 52.4 Å². The molecule has 1 N–H and O–H groups in total. The number of aliphatic hydroxyl groups is 1. The predicted octanol–water partition coefficient (Wildman–Crippen LogP) is 4.36. The van der Waals surface area contributed by atoms with Crippen LogP contribution in [0.2, 0.25) is 0 Å². The zero-order chi connectivity index (χ0) is 26.0. The number of allylic oxidation sites excluding steroid dienone is 4. The van der Waals surface area contributed by atoms with Crippen LogP contribution in [0, 0.1) is 28.6 Å². The number of ether oxygens (including phenoxy) is 1. The summed E-state index contributed by atoms with van der Waals surface area (Å²) in [7, 11) is 0. The van der Waals surface area contributed by atoms with E-state index in [1.54, 1.807) is 20.8 Å². The maximum Gasteiger partial charge on any atom is 0.306 e. The van der Waals surface area contributed by atoms with Gasteiger partial charge in [0, 0.05) is 29.1 Å². The van der Waals surface area contributed by atoms with Gasteiger partial charge in [-0.25, -0.2) is 13.2 Å². The molecule has 0 spiro atoms. The van der Waals surface area contributed by atoms with E-state index in [0.29, 0.717) is 0 Å². The molecule has 194 valence electrons. The van der Waals surface area contributed by atoms with Crippen molar-refractivity contribution in [3.8, 4) is 0 Å². The van der Waals surface area contributed by atoms with Crippen LogP contribution in [-0.2, 0) is 23.3 Å². The number of hydrogen-bond donors (Lipinski definition) is 1. The average Bonchev–Trinajstić information content (AvgIpc) is 3.02. The van der Waals surface area contributed by atoms with Crippen molar-refractivity contribution in [2.45, 2.75) is 76.9 Å². The second-order valence-electron chi connectivity index (χ2n) is 10.7. The van der Waals surface area contributed by atoms with E-state index in [9.17, 15) is 23.9 Å². The number of carbonyl (C=O) groups excluding carboxylic acids is 3. The molecular weight excluding hydrogens is 485 g/mol. The molecule has 3 fully saturated rings. The zero-order valence-corrected chi connectivity index (χ0v) is 21.0. The molecule has 6 nitrogen and oxygen atoms in total. The van der Waals surface area contributed by atoms with E-state index in [1.807, 2.05) is 0 Å². The molecule has 35 heavy (non-hydrogen) atoms. The normalized spacial score (nSPS) is 46.3. The monoisotopic (exact) mass is 516 g/mol. The summed E-state index contributed by atoms with van der Waals surface area (Å²) in [5.41, 5.74) is -6.97. The van der Waals surface area contributed by atoms with Gasteiger partial charge >= 0.3 is 5.97 Å². The predicted molar refractivity (Wildman–Crippen MR) is 122 cm³/mol. The Kier molecular flexibility index (Phi) is 6.59. The van der Waals surface area contributed by atoms with Crippen LogP contribution < -0.4 is 0 Å². The van der Waals surface area contributed by atoms with Crippen LogP contribution >= 0.6 is 12.0 Å². The van der Waals surface area contributed by atoms with E-state index >= 15 is 8.78 Å². The Morgan fingerprint density at radius 1 is 1.26 bits per heavy atom. The fourth-order valence-electron chi connectivity index (χ4n) is 7.61. The van der Waals surface area contributed by atoms with Crippen molar-refractivity contribution in [3.63, 3.8) is 0 Å². The third-order valence-corrected chi connectivity index (χ3v) is 9.88. The first-order chi connectivity index (χ1) is 16.3. The summed E-state index contributed by atoms with van der Waals surface area (Å²) < 4.78 is 56.0. The van der Waals surface area contributed by atoms with Crippen LogP contribution in [0.4, 0.5) is 13.2 Å². The van der Waals surface area contributed by atoms with E-state index in [1.165, 1.54) is 19.1 Å². The average molecular weight is 517 g/mol. The molecule has 0 aliphatic heterocycles. The van der Waals surface area contributed by atoms with Crippen LogP contribution in [0.25, 0.3) is 0 Å². The number of ketones is 1. The Balaban J connectivity index is 1.85. The van der Waals surface area contributed by atoms with E-state index < -0.39 is 75.9 Å². The highest BCUT2D eigenvalue weighted by atomic mass is 32.2. The quantitative estimate of drug-likeness (QED) is 0.429. The number of esters is 1. The van der Waals surface area contributed by atoms with Crippen LogP contribution in [0.5, 0.6) is 0 Å². The van der Waals surface area contributed by atoms with Crippen molar-refractivity contribution in [3.05, 3.63) is 23.8 Å². The number of fused-ring (bicyclic) bond motifs is 5. The lowest BCUT2D eigenvalue weighted by Crippen LogP contribution is -2.70. The van der Waals surface area contributed by atoms with Gasteiger partial charge in [0.05, 0.1) is 18.1 Å². The Morgan fingerprint density at radius 2 is 1.94 bits per heavy atom. The maximum absolute atomic E-state index is 17.3. The Bertz CT molecular complexity index is 1000. The molecule has 0 amide bonds. The van der Waals surface area contributed by atoms with E-state index in [-0.39, 0.29) is 43.3 Å². The van der Waals surface area contributed by atoms with E-state index in [4.69, 9.17) is 4.74 Å². The Hall–Kier alpha value is -1.65. The zero-order valence-electron chi connectivity index (χ0n) is 20.2. The summed E-state index contributed by atoms with van der Waals surface area (Å²) in [4.78, 5) is 38.0. The first-order valence-corrected chi connectivity index (χ1v) is 12.7. The Morgan fingerprint density at radius 3 is 2.57 bits per heavy atom. The minimum Gasteiger partial charge on any atom is -0.449 e. The molecule has 4 aliphatic carbocycles. The highest BCUT2D eigenvalue weighted by Crippen LogP contribution is 2.72. The van der Waals surface area contributed by atoms with Gasteiger partial charge in [-0.1, -0.05) is 26.8 Å². The molecule has 0 saturated heterocycles. The smallest absolute Gasteiger partial charge is 0.306 e. The van der Waals surface area contributed by atoms with Gasteiger partial charge in [-0.05, 0) is 49.8 Å². The minimum atomic E-state index is -2.32. The first kappa shape index (κ1) is 26.4. The number of carbonyl (C=O) groups is 3. The summed E-state index contributed by atoms with van der Waals surface area (Å²) in [6, 6.07) is 0. The summed E-state index contributed by atoms with van der Waals surface area (Å²) in [5, 5.41) is 10.7. The maximum atomic E-state index is 17.3. The third kappa shape index (κ3) is 3.35. The SMILES string of the molecule is CCC(=O)O[C@]1(C(=O)SOCF)[C@H](C)C[C@H]2[C@@H]3C[C@H](F)C4=CC(=O)C=C[C@]4(C)[C@@]3(F)[C@@H](O)C[C@@]21C. The number of aliphatic hydroxyl groups excluding tert-OH is 1. The lowest BCUT2D eigenvalue weighted by atomic mass is 9.44. The highest BCUT2D eigenvalue weighted by Gasteiger charge is 2.78. The van der Waals surface area contributed by atoms with Gasteiger partial charge in [-0.2, -0.15) is 0 Å². The van der Waals surface area contributed by atoms with Crippen molar-refractivity contribution < 1.29 is 41.6 Å². The fraction of sp³-hybridized carbons (Fsp3) is 0.720. The van der Waals surface area contributed by atoms with Gasteiger partial charge < -0.3 is 9.84 Å². The standard InChI is InChI=1S/C25H31F3O6S/c1-5-20(31)34-25(21(32)35-33-12-26)13(2)8-15-16-10-18(27)17-9-14(29)6-7-22(17,3)24(16,28)19(30)11-23(15,25)4/h6-7,9,13,15-16,18-19,30H,5,8,10-12H2,1-4H3/t13-,15+,16+,18+,19+,22+,23+,24+,25+/m1/s1. The molecule has 0 bridgehead atoms. The second kappa shape index (κ2) is 8.73. The molecule has 0 radical (unpaired) electrons. The topological polar surface area (TPSA) is 89.9 Å². The molecule has 4 rings (SSSR count). The van der Waals surface area contributed by atoms with E-state index in [0.717, 1.165) is 6.08 Å². The lowest BCUT2D eigenvalue weighted by Gasteiger charge is -2.63. The lowest BCUT2D eigenvalue weighted by molar-refractivity contribution is -0.228. The first-order valence-electron chi connectivity index (χ1n) is 11.9. The summed E-state index contributed by atoms with van der Waals surface area (Å²) >= 11 is 0.233. The van der Waals surface area contributed by atoms with Crippen LogP contribution in [0.1, 0.15) is 53.4 Å². The molecule has 4 aliphatic rings. The van der Waals surface area contributed by atoms with Gasteiger partial charge in [0.15, 0.2) is 17.1 Å². The number of halogens is 3. The van der Waals surface area contributed by atoms with Crippen molar-refractivity contribution in [2.75, 3.05) is 6.86 Å². The summed E-state index contributed by atoms with van der Waals surface area (Å²) in [6.07, 6.45) is 0.0171. The largest absolute Gasteiger partial charge is 0.449 e. The molecule has 0 unspecified atom stereocenters. The Labute approximate surface area is 206 Å². The molecule has 9 atom stereocenters. The van der Waals surface area contributed by atoms with Crippen molar-refractivity contribution >= 4 is 28.9 Å². The van der Waals surface area contributed by atoms with Gasteiger partial charge in [0.1, 0.15) is 6.17 Å². The molecule has 0 aromatic carbocycles. The fourth-order valence-corrected chi connectivity index (χ4v) is 8.36. The van der Waals surface area contributed by atoms with Crippen molar-refractivity contribution in [2.24, 2.45) is 28.6 Å². The number of hydrogen-bond acceptors (Lipinski definition) is 7. The third-order valence-electron chi connectivity index (χ3n) is 9.21.